The first-order valence-corrected chi connectivity index (χ1v) is 11.0. The Hall–Kier alpha value is -2.78. The van der Waals surface area contributed by atoms with Gasteiger partial charge in [0.1, 0.15) is 0 Å². The number of methoxy groups -OCH3 is 2. The first-order chi connectivity index (χ1) is 13.9. The number of carbonyl (C=O) groups excluding carboxylic acids is 1. The third-order valence-corrected chi connectivity index (χ3v) is 6.55. The number of rotatable bonds is 6. The second-order valence-corrected chi connectivity index (χ2v) is 8.55. The van der Waals surface area contributed by atoms with E-state index in [2.05, 4.69) is 4.40 Å². The number of ether oxygens (including phenoxy) is 2. The molecule has 1 saturated heterocycles. The van der Waals surface area contributed by atoms with Gasteiger partial charge in [0.25, 0.3) is 15.9 Å². The summed E-state index contributed by atoms with van der Waals surface area (Å²) in [6.45, 7) is 2.07. The molecule has 1 amide bonds. The van der Waals surface area contributed by atoms with Crippen molar-refractivity contribution in [3.8, 4) is 11.5 Å². The van der Waals surface area contributed by atoms with Gasteiger partial charge in [-0.15, -0.1) is 4.40 Å². The summed E-state index contributed by atoms with van der Waals surface area (Å²) in [6, 6.07) is 13.2. The van der Waals surface area contributed by atoms with Gasteiger partial charge < -0.3 is 9.47 Å². The molecule has 1 fully saturated rings. The fourth-order valence-corrected chi connectivity index (χ4v) is 4.96. The molecule has 2 aromatic carbocycles. The molecule has 29 heavy (non-hydrogen) atoms. The van der Waals surface area contributed by atoms with Crippen molar-refractivity contribution in [1.29, 1.82) is 0 Å². The lowest BCUT2D eigenvalue weighted by atomic mass is 10.2. The summed E-state index contributed by atoms with van der Waals surface area (Å²) in [5, 5.41) is 0.132. The molecule has 0 spiro atoms. The van der Waals surface area contributed by atoms with Crippen molar-refractivity contribution in [2.24, 2.45) is 4.40 Å². The summed E-state index contributed by atoms with van der Waals surface area (Å²) >= 11 is 1.03. The zero-order chi connectivity index (χ0) is 21.0. The Balaban J connectivity index is 1.96. The molecule has 0 atom stereocenters. The van der Waals surface area contributed by atoms with Gasteiger partial charge in [0.2, 0.25) is 0 Å². The fourth-order valence-electron chi connectivity index (χ4n) is 2.70. The van der Waals surface area contributed by atoms with Gasteiger partial charge in [-0.2, -0.15) is 8.42 Å². The standard InChI is InChI=1S/C20H20N2O5S2/c1-4-22-19(23)18(13-14-10-11-16(26-2)17(12-14)27-3)28-20(22)21-29(24,25)15-8-6-5-7-9-15/h5-13H,4H2,1-3H3/b18-13-,21-20?. The second kappa shape index (κ2) is 8.71. The van der Waals surface area contributed by atoms with E-state index in [1.165, 1.54) is 24.1 Å². The van der Waals surface area contributed by atoms with Gasteiger partial charge in [-0.25, -0.2) is 0 Å². The minimum absolute atomic E-state index is 0.0777. The Morgan fingerprint density at radius 3 is 2.38 bits per heavy atom. The molecule has 0 saturated carbocycles. The van der Waals surface area contributed by atoms with E-state index >= 15 is 0 Å². The zero-order valence-electron chi connectivity index (χ0n) is 16.2. The van der Waals surface area contributed by atoms with Crippen molar-refractivity contribution in [3.63, 3.8) is 0 Å². The van der Waals surface area contributed by atoms with Gasteiger partial charge in [0.15, 0.2) is 16.7 Å². The highest BCUT2D eigenvalue weighted by molar-refractivity contribution is 8.19. The van der Waals surface area contributed by atoms with Crippen LogP contribution in [-0.2, 0) is 14.8 Å². The highest BCUT2D eigenvalue weighted by Crippen LogP contribution is 2.35. The highest BCUT2D eigenvalue weighted by Gasteiger charge is 2.34. The molecule has 1 heterocycles. The summed E-state index contributed by atoms with van der Waals surface area (Å²) < 4.78 is 39.6. The van der Waals surface area contributed by atoms with Crippen molar-refractivity contribution in [2.45, 2.75) is 11.8 Å². The average Bonchev–Trinajstić information content (AvgIpc) is 3.01. The van der Waals surface area contributed by atoms with Crippen LogP contribution in [0.2, 0.25) is 0 Å². The molecule has 7 nitrogen and oxygen atoms in total. The number of carbonyl (C=O) groups is 1. The van der Waals surface area contributed by atoms with E-state index in [0.717, 1.165) is 17.3 Å². The van der Waals surface area contributed by atoms with Crippen LogP contribution in [0.5, 0.6) is 11.5 Å². The minimum Gasteiger partial charge on any atom is -0.493 e. The van der Waals surface area contributed by atoms with E-state index in [1.54, 1.807) is 56.5 Å². The van der Waals surface area contributed by atoms with Gasteiger partial charge in [0.05, 0.1) is 24.0 Å². The maximum Gasteiger partial charge on any atom is 0.284 e. The largest absolute Gasteiger partial charge is 0.493 e. The van der Waals surface area contributed by atoms with Crippen molar-refractivity contribution in [2.75, 3.05) is 20.8 Å². The van der Waals surface area contributed by atoms with Gasteiger partial charge in [0, 0.05) is 6.54 Å². The normalized spacial score (nSPS) is 17.2. The third kappa shape index (κ3) is 4.46. The summed E-state index contributed by atoms with van der Waals surface area (Å²) in [4.78, 5) is 14.6. The van der Waals surface area contributed by atoms with Crippen molar-refractivity contribution in [1.82, 2.24) is 4.90 Å². The van der Waals surface area contributed by atoms with Gasteiger partial charge in [-0.3, -0.25) is 9.69 Å². The second-order valence-electron chi connectivity index (χ2n) is 5.94. The zero-order valence-corrected chi connectivity index (χ0v) is 17.8. The predicted molar refractivity (Wildman–Crippen MR) is 114 cm³/mol. The Morgan fingerprint density at radius 2 is 1.76 bits per heavy atom. The summed E-state index contributed by atoms with van der Waals surface area (Å²) in [5.41, 5.74) is 0.724. The fraction of sp³-hybridized carbons (Fsp3) is 0.200. The number of hydrogen-bond donors (Lipinski definition) is 0. The minimum atomic E-state index is -3.92. The quantitative estimate of drug-likeness (QED) is 0.651. The smallest absolute Gasteiger partial charge is 0.284 e. The average molecular weight is 433 g/mol. The van der Waals surface area contributed by atoms with Crippen LogP contribution in [0, 0.1) is 0 Å². The molecule has 9 heteroatoms. The number of nitrogens with zero attached hydrogens (tertiary/aromatic N) is 2. The van der Waals surface area contributed by atoms with Gasteiger partial charge in [-0.05, 0) is 54.6 Å². The lowest BCUT2D eigenvalue weighted by Crippen LogP contribution is -2.29. The Labute approximate surface area is 174 Å². The first kappa shape index (κ1) is 20.9. The lowest BCUT2D eigenvalue weighted by molar-refractivity contribution is -0.122. The topological polar surface area (TPSA) is 85.3 Å². The van der Waals surface area contributed by atoms with E-state index in [-0.39, 0.29) is 16.0 Å². The van der Waals surface area contributed by atoms with Crippen LogP contribution < -0.4 is 9.47 Å². The van der Waals surface area contributed by atoms with E-state index in [9.17, 15) is 13.2 Å². The molecular formula is C20H20N2O5S2. The Bertz CT molecular complexity index is 1080. The molecular weight excluding hydrogens is 412 g/mol. The van der Waals surface area contributed by atoms with E-state index in [1.807, 2.05) is 0 Å². The number of hydrogen-bond acceptors (Lipinski definition) is 6. The van der Waals surface area contributed by atoms with Crippen molar-refractivity contribution in [3.05, 3.63) is 59.0 Å². The Morgan fingerprint density at radius 1 is 1.07 bits per heavy atom. The molecule has 0 aromatic heterocycles. The number of sulfonamides is 1. The lowest BCUT2D eigenvalue weighted by Gasteiger charge is -2.11. The van der Waals surface area contributed by atoms with Crippen LogP contribution >= 0.6 is 11.8 Å². The van der Waals surface area contributed by atoms with Crippen LogP contribution in [0.4, 0.5) is 0 Å². The molecule has 1 aliphatic rings. The molecule has 0 aliphatic carbocycles. The molecule has 3 rings (SSSR count). The van der Waals surface area contributed by atoms with Crippen LogP contribution in [-0.4, -0.2) is 45.2 Å². The maximum absolute atomic E-state index is 12.8. The number of likely N-dealkylation sites (N-methyl/N-ethyl adjacent to an activating group) is 1. The predicted octanol–water partition coefficient (Wildman–Crippen LogP) is 3.38. The first-order valence-electron chi connectivity index (χ1n) is 8.73. The molecule has 0 unspecified atom stereocenters. The van der Waals surface area contributed by atoms with E-state index < -0.39 is 10.0 Å². The Kier molecular flexibility index (Phi) is 6.29. The summed E-state index contributed by atoms with van der Waals surface area (Å²) in [6.07, 6.45) is 1.68. The summed E-state index contributed by atoms with van der Waals surface area (Å²) in [7, 11) is -0.844. The number of amides is 1. The molecule has 0 radical (unpaired) electrons. The third-order valence-electron chi connectivity index (χ3n) is 4.15. The SMILES string of the molecule is CCN1C(=O)/C(=C/c2ccc(OC)c(OC)c2)SC1=NS(=O)(=O)c1ccccc1. The number of benzene rings is 2. The van der Waals surface area contributed by atoms with E-state index in [4.69, 9.17) is 9.47 Å². The van der Waals surface area contributed by atoms with Crippen LogP contribution in [0.15, 0.2) is 62.7 Å². The maximum atomic E-state index is 12.8. The number of amidine groups is 1. The molecule has 152 valence electrons. The summed E-state index contributed by atoms with van der Waals surface area (Å²) in [5.74, 6) is 0.811. The highest BCUT2D eigenvalue weighted by atomic mass is 32.2. The molecule has 0 N–H and O–H groups in total. The van der Waals surface area contributed by atoms with Crippen LogP contribution in [0.25, 0.3) is 6.08 Å². The van der Waals surface area contributed by atoms with Crippen LogP contribution in [0.1, 0.15) is 12.5 Å². The van der Waals surface area contributed by atoms with Gasteiger partial charge >= 0.3 is 0 Å². The van der Waals surface area contributed by atoms with Gasteiger partial charge in [-0.1, -0.05) is 24.3 Å². The number of thioether (sulfide) groups is 1. The van der Waals surface area contributed by atoms with Crippen molar-refractivity contribution < 1.29 is 22.7 Å². The van der Waals surface area contributed by atoms with E-state index in [0.29, 0.717) is 22.9 Å². The monoisotopic (exact) mass is 432 g/mol. The van der Waals surface area contributed by atoms with Crippen molar-refractivity contribution >= 4 is 38.9 Å². The molecule has 2 aromatic rings. The molecule has 1 aliphatic heterocycles. The van der Waals surface area contributed by atoms with Crippen LogP contribution in [0.3, 0.4) is 0 Å². The molecule has 0 bridgehead atoms.